The molecule has 4 aliphatic carbocycles. The summed E-state index contributed by atoms with van der Waals surface area (Å²) in [5, 5.41) is 0.880. The third kappa shape index (κ3) is 10.1. The summed E-state index contributed by atoms with van der Waals surface area (Å²) in [7, 11) is 0. The first-order chi connectivity index (χ1) is 53.9. The monoisotopic (exact) mass is 1390 g/mol. The second-order valence-corrected chi connectivity index (χ2v) is 28.4. The van der Waals surface area contributed by atoms with Gasteiger partial charge in [0.1, 0.15) is 0 Å². The van der Waals surface area contributed by atoms with Gasteiger partial charge in [0.15, 0.2) is 40.8 Å². The van der Waals surface area contributed by atoms with E-state index in [1.54, 1.807) is 0 Å². The molecule has 1 unspecified atom stereocenters. The largest absolute Gasteiger partial charge is 0.227 e. The SMILES string of the molecule is C=C1/C=C\C=C/Cc2ccccc2C12c1ccccc1-c1ccc(-c3cc(-c4ccc5c(c4)C4(c6ccccc6-c6ccccc64)c4ccccc4-5)c4nc(-c5ccc(-c6nc(-c7ccccc7)nc(-c7ccccc7)n6)cc5)nc(-c5ccc(-c6nc(-c7ccccc7)nc(-c7ccccc7)n6)cc5)c4c3)cc12. The van der Waals surface area contributed by atoms with E-state index in [0.717, 1.165) is 95.4 Å². The van der Waals surface area contributed by atoms with Crippen LogP contribution < -0.4 is 0 Å². The predicted molar refractivity (Wildman–Crippen MR) is 440 cm³/mol. The fourth-order valence-electron chi connectivity index (χ4n) is 17.6. The highest BCUT2D eigenvalue weighted by Gasteiger charge is 2.52. The molecule has 3 heterocycles. The van der Waals surface area contributed by atoms with Gasteiger partial charge in [-0.05, 0) is 131 Å². The molecule has 2 spiro atoms. The van der Waals surface area contributed by atoms with Crippen LogP contribution in [0.1, 0.15) is 44.5 Å². The van der Waals surface area contributed by atoms with Crippen molar-refractivity contribution in [2.75, 3.05) is 0 Å². The second-order valence-electron chi connectivity index (χ2n) is 28.4. The molecule has 0 bridgehead atoms. The van der Waals surface area contributed by atoms with E-state index >= 15 is 0 Å². The van der Waals surface area contributed by atoms with Gasteiger partial charge in [-0.25, -0.2) is 39.9 Å². The van der Waals surface area contributed by atoms with Gasteiger partial charge in [-0.15, -0.1) is 0 Å². The molecule has 0 amide bonds. The molecule has 0 radical (unpaired) electrons. The average Bonchev–Trinajstić information content (AvgIpc) is 1.52. The van der Waals surface area contributed by atoms with Crippen molar-refractivity contribution in [2.45, 2.75) is 17.3 Å². The number of nitrogens with zero attached hydrogens (tertiary/aromatic N) is 8. The van der Waals surface area contributed by atoms with E-state index in [0.29, 0.717) is 40.8 Å². The summed E-state index contributed by atoms with van der Waals surface area (Å²) in [5.41, 5.74) is 29.5. The van der Waals surface area contributed by atoms with Crippen LogP contribution in [0.2, 0.25) is 0 Å². The van der Waals surface area contributed by atoms with Crippen LogP contribution in [0.5, 0.6) is 0 Å². The van der Waals surface area contributed by atoms with Crippen LogP contribution in [0.4, 0.5) is 0 Å². The van der Waals surface area contributed by atoms with Crippen molar-refractivity contribution in [1.82, 2.24) is 39.9 Å². The molecule has 0 saturated heterocycles. The molecule has 1 atom stereocenters. The summed E-state index contributed by atoms with van der Waals surface area (Å²) < 4.78 is 0. The van der Waals surface area contributed by atoms with Crippen LogP contribution in [-0.2, 0) is 17.3 Å². The Kier molecular flexibility index (Phi) is 14.8. The van der Waals surface area contributed by atoms with E-state index in [1.165, 1.54) is 77.9 Å². The van der Waals surface area contributed by atoms with Crippen molar-refractivity contribution in [3.8, 4) is 147 Å². The Morgan fingerprint density at radius 2 is 0.569 bits per heavy atom. The van der Waals surface area contributed by atoms with Crippen molar-refractivity contribution in [1.29, 1.82) is 0 Å². The summed E-state index contributed by atoms with van der Waals surface area (Å²) in [4.78, 5) is 42.4. The van der Waals surface area contributed by atoms with Crippen LogP contribution in [0.25, 0.3) is 158 Å². The third-order valence-corrected chi connectivity index (χ3v) is 22.5. The Hall–Kier alpha value is -14.3. The lowest BCUT2D eigenvalue weighted by Crippen LogP contribution is -2.30. The van der Waals surface area contributed by atoms with Gasteiger partial charge in [-0.3, -0.25) is 0 Å². The van der Waals surface area contributed by atoms with Crippen molar-refractivity contribution in [2.24, 2.45) is 0 Å². The average molecular weight is 1390 g/mol. The van der Waals surface area contributed by atoms with E-state index in [2.05, 4.69) is 243 Å². The number of rotatable bonds is 10. The summed E-state index contributed by atoms with van der Waals surface area (Å²) in [6.07, 6.45) is 9.56. The highest BCUT2D eigenvalue weighted by molar-refractivity contribution is 6.06. The first kappa shape index (κ1) is 63.2. The molecule has 0 N–H and O–H groups in total. The number of hydrogen-bond acceptors (Lipinski definition) is 8. The minimum Gasteiger partial charge on any atom is -0.227 e. The molecule has 0 saturated carbocycles. The Morgan fingerprint density at radius 1 is 0.229 bits per heavy atom. The molecule has 21 rings (SSSR count). The van der Waals surface area contributed by atoms with Gasteiger partial charge in [-0.1, -0.05) is 346 Å². The zero-order valence-corrected chi connectivity index (χ0v) is 59.1. The molecule has 8 nitrogen and oxygen atoms in total. The van der Waals surface area contributed by atoms with Crippen LogP contribution in [0.3, 0.4) is 0 Å². The molecule has 0 aliphatic heterocycles. The van der Waals surface area contributed by atoms with Crippen LogP contribution in [0.15, 0.2) is 376 Å². The Bertz CT molecular complexity index is 6450. The topological polar surface area (TPSA) is 103 Å². The fourth-order valence-corrected chi connectivity index (χ4v) is 17.6. The number of benzene rings is 14. The van der Waals surface area contributed by atoms with Crippen molar-refractivity contribution < 1.29 is 0 Å². The Labute approximate surface area is 631 Å². The molecule has 0 fully saturated rings. The summed E-state index contributed by atoms with van der Waals surface area (Å²) in [6.45, 7) is 5.02. The molecular formula is C101H64N8. The van der Waals surface area contributed by atoms with Gasteiger partial charge < -0.3 is 0 Å². The van der Waals surface area contributed by atoms with Gasteiger partial charge in [0.2, 0.25) is 0 Å². The zero-order valence-electron chi connectivity index (χ0n) is 59.1. The molecule has 508 valence electrons. The van der Waals surface area contributed by atoms with Gasteiger partial charge in [0.05, 0.1) is 22.0 Å². The molecule has 14 aromatic carbocycles. The standard InChI is InChI=1S/C101H64N8/c1-63-27-7-2-8-28-64-29-17-22-42-84(64)100(63)85-43-23-18-40-78(85)80-57-55-73(61-89(80)100)75-59-82(74-56-58-81-79-41-21-26-46-88(79)101(90(81)62-74)86-44-24-19-38-76(86)77-39-20-25-45-87(77)101)92-83(60-75)91(65-47-49-71(50-48-65)98-106-94(66-30-9-3-10-31-66)104-95(107-98)67-32-11-4-12-33-67)102-93(103-92)70-51-53-72(54-52-70)99-108-96(68-34-13-5-14-35-68)105-97(109-99)69-36-15-6-16-37-69/h2-27,29-62H,1,28H2/b8-2-,27-7-. The van der Waals surface area contributed by atoms with Gasteiger partial charge in [0, 0.05) is 55.5 Å². The Morgan fingerprint density at radius 3 is 1.03 bits per heavy atom. The third-order valence-electron chi connectivity index (χ3n) is 22.5. The highest BCUT2D eigenvalue weighted by atomic mass is 15.0. The van der Waals surface area contributed by atoms with Crippen molar-refractivity contribution >= 4 is 10.9 Å². The van der Waals surface area contributed by atoms with E-state index in [9.17, 15) is 0 Å². The first-order valence-corrected chi connectivity index (χ1v) is 37.0. The summed E-state index contributed by atoms with van der Waals surface area (Å²) in [5.74, 6) is 4.01. The number of fused-ring (bicyclic) bond motifs is 18. The maximum Gasteiger partial charge on any atom is 0.164 e. The predicted octanol–water partition coefficient (Wildman–Crippen LogP) is 23.6. The quantitative estimate of drug-likeness (QED) is 0.133. The first-order valence-electron chi connectivity index (χ1n) is 37.0. The maximum atomic E-state index is 5.90. The number of hydrogen-bond donors (Lipinski definition) is 0. The van der Waals surface area contributed by atoms with E-state index < -0.39 is 10.8 Å². The molecule has 8 heteroatoms. The molecule has 4 aliphatic rings. The fraction of sp³-hybridized carbons (Fsp3) is 0.0297. The minimum atomic E-state index is -0.710. The summed E-state index contributed by atoms with van der Waals surface area (Å²) >= 11 is 0. The second kappa shape index (κ2) is 25.5. The normalized spacial score (nSPS) is 15.0. The van der Waals surface area contributed by atoms with Crippen molar-refractivity contribution in [3.05, 3.63) is 421 Å². The van der Waals surface area contributed by atoms with E-state index in [1.807, 2.05) is 121 Å². The van der Waals surface area contributed by atoms with Crippen LogP contribution in [-0.4, -0.2) is 39.9 Å². The number of allylic oxidation sites excluding steroid dienone is 5. The van der Waals surface area contributed by atoms with Crippen LogP contribution in [0, 0.1) is 0 Å². The van der Waals surface area contributed by atoms with Gasteiger partial charge >= 0.3 is 0 Å². The molecule has 17 aromatic rings. The minimum absolute atomic E-state index is 0.552. The molecule has 3 aromatic heterocycles. The van der Waals surface area contributed by atoms with Crippen LogP contribution >= 0.6 is 0 Å². The smallest absolute Gasteiger partial charge is 0.164 e. The lowest BCUT2D eigenvalue weighted by Gasteiger charge is -2.35. The number of aromatic nitrogens is 8. The lowest BCUT2D eigenvalue weighted by molar-refractivity contribution is 0.760. The Balaban J connectivity index is 0.814. The van der Waals surface area contributed by atoms with Crippen molar-refractivity contribution in [3.63, 3.8) is 0 Å². The van der Waals surface area contributed by atoms with E-state index in [4.69, 9.17) is 46.5 Å². The molecular weight excluding hydrogens is 1330 g/mol. The summed E-state index contributed by atoms with van der Waals surface area (Å²) in [6, 6.07) is 121. The van der Waals surface area contributed by atoms with Gasteiger partial charge in [0.25, 0.3) is 0 Å². The molecule has 109 heavy (non-hydrogen) atoms. The highest BCUT2D eigenvalue weighted by Crippen LogP contribution is 2.64. The van der Waals surface area contributed by atoms with Gasteiger partial charge in [-0.2, -0.15) is 0 Å². The zero-order chi connectivity index (χ0) is 72.2. The maximum absolute atomic E-state index is 5.90. The lowest BCUT2D eigenvalue weighted by atomic mass is 9.66. The van der Waals surface area contributed by atoms with E-state index in [-0.39, 0.29) is 0 Å².